The van der Waals surface area contributed by atoms with Crippen LogP contribution < -0.4 is 20.1 Å². The average molecular weight is 440 g/mol. The quantitative estimate of drug-likeness (QED) is 0.520. The fourth-order valence-electron chi connectivity index (χ4n) is 3.82. The molecule has 1 amide bonds. The van der Waals surface area contributed by atoms with Crippen LogP contribution >= 0.6 is 11.8 Å². The molecule has 1 aromatic carbocycles. The molecule has 2 aliphatic rings. The minimum absolute atomic E-state index is 0.0239. The Hall–Kier alpha value is -2.78. The lowest BCUT2D eigenvalue weighted by Gasteiger charge is -2.24. The SMILES string of the molecule is COc1nc(-c2n[nH]c3ccc(NC(=O)[C@]4(SC)CCNC4)cc23)ccc1OC1CC1. The summed E-state index contributed by atoms with van der Waals surface area (Å²) in [5.74, 6) is 1.12. The molecular weight excluding hydrogens is 414 g/mol. The fourth-order valence-corrected chi connectivity index (χ4v) is 4.61. The van der Waals surface area contributed by atoms with Gasteiger partial charge in [-0.05, 0) is 62.4 Å². The smallest absolute Gasteiger partial charge is 0.257 e. The number of H-pyrrole nitrogens is 1. The van der Waals surface area contributed by atoms with E-state index in [9.17, 15) is 4.79 Å². The molecule has 0 radical (unpaired) electrons. The fraction of sp³-hybridized carbons (Fsp3) is 0.409. The van der Waals surface area contributed by atoms with Crippen molar-refractivity contribution >= 4 is 34.3 Å². The Morgan fingerprint density at radius 3 is 2.87 bits per heavy atom. The Morgan fingerprint density at radius 2 is 2.16 bits per heavy atom. The molecule has 3 heterocycles. The third kappa shape index (κ3) is 3.83. The number of rotatable bonds is 7. The van der Waals surface area contributed by atoms with Crippen LogP contribution in [-0.4, -0.2) is 58.4 Å². The zero-order chi connectivity index (χ0) is 21.4. The minimum atomic E-state index is -0.430. The number of aromatic nitrogens is 3. The van der Waals surface area contributed by atoms with Crippen molar-refractivity contribution < 1.29 is 14.3 Å². The van der Waals surface area contributed by atoms with E-state index in [1.807, 2.05) is 36.6 Å². The number of hydrogen-bond donors (Lipinski definition) is 3. The van der Waals surface area contributed by atoms with Crippen molar-refractivity contribution in [3.05, 3.63) is 30.3 Å². The molecule has 2 fully saturated rings. The number of hydrogen-bond acceptors (Lipinski definition) is 7. The zero-order valence-corrected chi connectivity index (χ0v) is 18.3. The first-order valence-electron chi connectivity index (χ1n) is 10.4. The van der Waals surface area contributed by atoms with Crippen LogP contribution in [0.25, 0.3) is 22.3 Å². The topological polar surface area (TPSA) is 101 Å². The number of carbonyl (C=O) groups is 1. The molecule has 0 spiro atoms. The van der Waals surface area contributed by atoms with Crippen molar-refractivity contribution in [2.45, 2.75) is 30.1 Å². The van der Waals surface area contributed by atoms with Crippen molar-refractivity contribution in [3.63, 3.8) is 0 Å². The third-order valence-electron chi connectivity index (χ3n) is 5.82. The molecule has 1 aliphatic carbocycles. The van der Waals surface area contributed by atoms with E-state index in [-0.39, 0.29) is 12.0 Å². The number of amides is 1. The van der Waals surface area contributed by atoms with E-state index < -0.39 is 4.75 Å². The number of nitrogens with one attached hydrogen (secondary N) is 3. The monoisotopic (exact) mass is 439 g/mol. The summed E-state index contributed by atoms with van der Waals surface area (Å²) in [6.07, 6.45) is 5.20. The second kappa shape index (κ2) is 8.05. The number of nitrogens with zero attached hydrogens (tertiary/aromatic N) is 2. The molecular formula is C22H25N5O3S. The van der Waals surface area contributed by atoms with Crippen LogP contribution in [0.15, 0.2) is 30.3 Å². The maximum atomic E-state index is 13.0. The molecule has 2 aromatic heterocycles. The molecule has 5 rings (SSSR count). The van der Waals surface area contributed by atoms with Gasteiger partial charge in [0, 0.05) is 17.6 Å². The van der Waals surface area contributed by atoms with Crippen LogP contribution in [0.1, 0.15) is 19.3 Å². The van der Waals surface area contributed by atoms with Crippen molar-refractivity contribution in [2.24, 2.45) is 0 Å². The predicted octanol–water partition coefficient (Wildman–Crippen LogP) is 3.21. The zero-order valence-electron chi connectivity index (χ0n) is 17.5. The Balaban J connectivity index is 1.44. The van der Waals surface area contributed by atoms with E-state index >= 15 is 0 Å². The van der Waals surface area contributed by atoms with Crippen LogP contribution in [-0.2, 0) is 4.79 Å². The van der Waals surface area contributed by atoms with Crippen molar-refractivity contribution in [1.82, 2.24) is 20.5 Å². The lowest BCUT2D eigenvalue weighted by atomic mass is 10.1. The van der Waals surface area contributed by atoms with Gasteiger partial charge in [-0.2, -0.15) is 5.10 Å². The van der Waals surface area contributed by atoms with Crippen molar-refractivity contribution in [1.29, 1.82) is 0 Å². The number of carbonyl (C=O) groups excluding carboxylic acids is 1. The standard InChI is InChI=1S/C22H25N5O3S/c1-29-20-18(30-14-4-5-14)8-7-17(25-20)19-15-11-13(3-6-16(15)26-27-19)24-21(28)22(31-2)9-10-23-12-22/h3,6-8,11,14,23H,4-5,9-10,12H2,1-2H3,(H,24,28)(H,26,27)/t22-/m0/s1. The summed E-state index contributed by atoms with van der Waals surface area (Å²) in [4.78, 5) is 17.6. The highest BCUT2D eigenvalue weighted by atomic mass is 32.2. The summed E-state index contributed by atoms with van der Waals surface area (Å²) in [5, 5.41) is 14.8. The van der Waals surface area contributed by atoms with Crippen LogP contribution in [0.2, 0.25) is 0 Å². The van der Waals surface area contributed by atoms with Gasteiger partial charge in [0.25, 0.3) is 5.88 Å². The van der Waals surface area contributed by atoms with E-state index in [0.29, 0.717) is 29.6 Å². The molecule has 1 atom stereocenters. The summed E-state index contributed by atoms with van der Waals surface area (Å²) in [6, 6.07) is 9.50. The molecule has 3 N–H and O–H groups in total. The number of pyridine rings is 1. The molecule has 1 aliphatic heterocycles. The number of aromatic amines is 1. The number of benzene rings is 1. The Bertz CT molecular complexity index is 1120. The van der Waals surface area contributed by atoms with E-state index in [2.05, 4.69) is 25.8 Å². The van der Waals surface area contributed by atoms with Gasteiger partial charge in [-0.3, -0.25) is 9.89 Å². The predicted molar refractivity (Wildman–Crippen MR) is 122 cm³/mol. The van der Waals surface area contributed by atoms with Crippen molar-refractivity contribution in [3.8, 4) is 23.0 Å². The molecule has 0 bridgehead atoms. The first-order valence-corrected chi connectivity index (χ1v) is 11.6. The number of anilines is 1. The summed E-state index contributed by atoms with van der Waals surface area (Å²) < 4.78 is 10.9. The molecule has 1 saturated heterocycles. The highest BCUT2D eigenvalue weighted by Crippen LogP contribution is 2.36. The summed E-state index contributed by atoms with van der Waals surface area (Å²) in [7, 11) is 1.58. The molecule has 162 valence electrons. The van der Waals surface area contributed by atoms with Gasteiger partial charge in [0.05, 0.1) is 24.4 Å². The Kier molecular flexibility index (Phi) is 5.23. The Morgan fingerprint density at radius 1 is 1.29 bits per heavy atom. The van der Waals surface area contributed by atoms with E-state index in [0.717, 1.165) is 42.4 Å². The van der Waals surface area contributed by atoms with Gasteiger partial charge in [0.2, 0.25) is 5.91 Å². The highest BCUT2D eigenvalue weighted by Gasteiger charge is 2.40. The second-order valence-corrected chi connectivity index (χ2v) is 9.12. The summed E-state index contributed by atoms with van der Waals surface area (Å²) in [6.45, 7) is 1.53. The average Bonchev–Trinajstić information content (AvgIpc) is 3.30. The first kappa shape index (κ1) is 20.1. The molecule has 8 nitrogen and oxygen atoms in total. The maximum absolute atomic E-state index is 13.0. The van der Waals surface area contributed by atoms with Gasteiger partial charge in [-0.25, -0.2) is 4.98 Å². The van der Waals surface area contributed by atoms with Gasteiger partial charge in [-0.1, -0.05) is 0 Å². The van der Waals surface area contributed by atoms with E-state index in [4.69, 9.17) is 9.47 Å². The first-order chi connectivity index (χ1) is 15.1. The number of thioether (sulfide) groups is 1. The van der Waals surface area contributed by atoms with Gasteiger partial charge in [0.15, 0.2) is 5.75 Å². The van der Waals surface area contributed by atoms with E-state index in [1.165, 1.54) is 0 Å². The molecule has 0 unspecified atom stereocenters. The van der Waals surface area contributed by atoms with Gasteiger partial charge >= 0.3 is 0 Å². The van der Waals surface area contributed by atoms with Crippen LogP contribution in [0.3, 0.4) is 0 Å². The lowest BCUT2D eigenvalue weighted by Crippen LogP contribution is -2.41. The summed E-state index contributed by atoms with van der Waals surface area (Å²) in [5.41, 5.74) is 2.98. The van der Waals surface area contributed by atoms with Gasteiger partial charge in [0.1, 0.15) is 10.4 Å². The number of methoxy groups -OCH3 is 1. The maximum Gasteiger partial charge on any atom is 0.257 e. The normalized spacial score (nSPS) is 20.7. The lowest BCUT2D eigenvalue weighted by molar-refractivity contribution is -0.118. The van der Waals surface area contributed by atoms with Crippen LogP contribution in [0.4, 0.5) is 5.69 Å². The molecule has 1 saturated carbocycles. The Labute approximate surface area is 184 Å². The van der Waals surface area contributed by atoms with Gasteiger partial charge < -0.3 is 20.1 Å². The van der Waals surface area contributed by atoms with Crippen LogP contribution in [0.5, 0.6) is 11.6 Å². The number of ether oxygens (including phenoxy) is 2. The minimum Gasteiger partial charge on any atom is -0.485 e. The molecule has 3 aromatic rings. The largest absolute Gasteiger partial charge is 0.485 e. The van der Waals surface area contributed by atoms with Crippen LogP contribution in [0, 0.1) is 0 Å². The summed E-state index contributed by atoms with van der Waals surface area (Å²) >= 11 is 1.60. The van der Waals surface area contributed by atoms with E-state index in [1.54, 1.807) is 18.9 Å². The van der Waals surface area contributed by atoms with Gasteiger partial charge in [-0.15, -0.1) is 11.8 Å². The highest BCUT2D eigenvalue weighted by molar-refractivity contribution is 8.00. The molecule has 31 heavy (non-hydrogen) atoms. The van der Waals surface area contributed by atoms with Crippen molar-refractivity contribution in [2.75, 3.05) is 31.8 Å². The third-order valence-corrected chi connectivity index (χ3v) is 7.14. The second-order valence-electron chi connectivity index (χ2n) is 7.93. The number of fused-ring (bicyclic) bond motifs is 1. The molecule has 9 heteroatoms.